The fourth-order valence-electron chi connectivity index (χ4n) is 2.91. The standard InChI is InChI=1S/C25H22Cl3N3O4/c1-34-21-7-3-16(4-8-21)25(33)29-11-10-24(32)31-30-14-18-12-19(26)6-9-23(18)35-15-17-2-5-20(27)13-22(17)28/h2-9,12-14H,10-11,15H2,1H3,(H,29,33)(H,31,32). The Labute approximate surface area is 218 Å². The van der Waals surface area contributed by atoms with Gasteiger partial charge < -0.3 is 14.8 Å². The van der Waals surface area contributed by atoms with Crippen molar-refractivity contribution in [3.8, 4) is 11.5 Å². The predicted molar refractivity (Wildman–Crippen MR) is 138 cm³/mol. The number of nitrogens with zero attached hydrogens (tertiary/aromatic N) is 1. The second kappa shape index (κ2) is 13.0. The topological polar surface area (TPSA) is 89.0 Å². The van der Waals surface area contributed by atoms with Crippen molar-refractivity contribution in [1.29, 1.82) is 0 Å². The molecule has 7 nitrogen and oxygen atoms in total. The summed E-state index contributed by atoms with van der Waals surface area (Å²) in [5.74, 6) is 0.505. The highest BCUT2D eigenvalue weighted by Gasteiger charge is 2.08. The van der Waals surface area contributed by atoms with Crippen molar-refractivity contribution in [3.63, 3.8) is 0 Å². The molecule has 2 N–H and O–H groups in total. The van der Waals surface area contributed by atoms with E-state index in [1.54, 1.807) is 67.8 Å². The van der Waals surface area contributed by atoms with Gasteiger partial charge >= 0.3 is 0 Å². The van der Waals surface area contributed by atoms with Gasteiger partial charge in [0, 0.05) is 44.7 Å². The van der Waals surface area contributed by atoms with Crippen LogP contribution in [0.4, 0.5) is 0 Å². The zero-order chi connectivity index (χ0) is 25.2. The molecule has 0 aliphatic carbocycles. The number of amides is 2. The molecule has 0 saturated carbocycles. The molecule has 0 saturated heterocycles. The number of rotatable bonds is 10. The fourth-order valence-corrected chi connectivity index (χ4v) is 3.55. The number of hydrogen-bond acceptors (Lipinski definition) is 5. The Morgan fingerprint density at radius 2 is 1.69 bits per heavy atom. The van der Waals surface area contributed by atoms with Crippen LogP contribution < -0.4 is 20.2 Å². The average Bonchev–Trinajstić information content (AvgIpc) is 2.84. The fraction of sp³-hybridized carbons (Fsp3) is 0.160. The molecule has 3 aromatic carbocycles. The summed E-state index contributed by atoms with van der Waals surface area (Å²) in [5, 5.41) is 8.16. The molecule has 0 heterocycles. The lowest BCUT2D eigenvalue weighted by Gasteiger charge is -2.11. The lowest BCUT2D eigenvalue weighted by Crippen LogP contribution is -2.29. The number of methoxy groups -OCH3 is 1. The van der Waals surface area contributed by atoms with Crippen molar-refractivity contribution >= 4 is 52.8 Å². The molecule has 35 heavy (non-hydrogen) atoms. The maximum Gasteiger partial charge on any atom is 0.251 e. The molecule has 182 valence electrons. The van der Waals surface area contributed by atoms with Gasteiger partial charge in [0.25, 0.3) is 5.91 Å². The molecular formula is C25H22Cl3N3O4. The van der Waals surface area contributed by atoms with E-state index in [1.807, 2.05) is 0 Å². The first-order valence-corrected chi connectivity index (χ1v) is 11.6. The molecule has 3 rings (SSSR count). The summed E-state index contributed by atoms with van der Waals surface area (Å²) >= 11 is 18.2. The van der Waals surface area contributed by atoms with E-state index in [2.05, 4.69) is 15.8 Å². The van der Waals surface area contributed by atoms with Gasteiger partial charge in [0.15, 0.2) is 0 Å². The van der Waals surface area contributed by atoms with Crippen molar-refractivity contribution in [1.82, 2.24) is 10.7 Å². The third-order valence-electron chi connectivity index (χ3n) is 4.75. The van der Waals surface area contributed by atoms with E-state index in [9.17, 15) is 9.59 Å². The molecule has 0 aliphatic heterocycles. The normalized spacial score (nSPS) is 10.7. The molecule has 2 amide bonds. The molecule has 10 heteroatoms. The Morgan fingerprint density at radius 3 is 2.40 bits per heavy atom. The van der Waals surface area contributed by atoms with Crippen LogP contribution in [0.5, 0.6) is 11.5 Å². The van der Waals surface area contributed by atoms with Crippen LogP contribution in [0.1, 0.15) is 27.9 Å². The number of hydrazone groups is 1. The van der Waals surface area contributed by atoms with Gasteiger partial charge in [0.05, 0.1) is 13.3 Å². The van der Waals surface area contributed by atoms with Crippen LogP contribution >= 0.6 is 34.8 Å². The van der Waals surface area contributed by atoms with Crippen molar-refractivity contribution < 1.29 is 19.1 Å². The van der Waals surface area contributed by atoms with Gasteiger partial charge in [-0.2, -0.15) is 5.10 Å². The second-order valence-electron chi connectivity index (χ2n) is 7.23. The van der Waals surface area contributed by atoms with Crippen molar-refractivity contribution in [2.75, 3.05) is 13.7 Å². The highest BCUT2D eigenvalue weighted by Crippen LogP contribution is 2.25. The zero-order valence-electron chi connectivity index (χ0n) is 18.7. The first-order valence-electron chi connectivity index (χ1n) is 10.5. The third-order valence-corrected chi connectivity index (χ3v) is 5.57. The maximum atomic E-state index is 12.1. The highest BCUT2D eigenvalue weighted by atomic mass is 35.5. The Kier molecular flexibility index (Phi) is 9.78. The first-order chi connectivity index (χ1) is 16.9. The van der Waals surface area contributed by atoms with Gasteiger partial charge in [-0.05, 0) is 54.6 Å². The van der Waals surface area contributed by atoms with Crippen LogP contribution in [0, 0.1) is 0 Å². The van der Waals surface area contributed by atoms with Gasteiger partial charge in [-0.15, -0.1) is 0 Å². The molecule has 0 unspecified atom stereocenters. The summed E-state index contributed by atoms with van der Waals surface area (Å²) < 4.78 is 10.9. The summed E-state index contributed by atoms with van der Waals surface area (Å²) in [6.45, 7) is 0.359. The van der Waals surface area contributed by atoms with Crippen molar-refractivity contribution in [3.05, 3.63) is 92.4 Å². The van der Waals surface area contributed by atoms with Crippen LogP contribution in [-0.4, -0.2) is 31.7 Å². The largest absolute Gasteiger partial charge is 0.497 e. The predicted octanol–water partition coefficient (Wildman–Crippen LogP) is 5.50. The quantitative estimate of drug-likeness (QED) is 0.265. The Bertz CT molecular complexity index is 1220. The van der Waals surface area contributed by atoms with E-state index >= 15 is 0 Å². The van der Waals surface area contributed by atoms with E-state index < -0.39 is 0 Å². The zero-order valence-corrected chi connectivity index (χ0v) is 21.0. The number of carbonyl (C=O) groups is 2. The number of benzene rings is 3. The van der Waals surface area contributed by atoms with Gasteiger partial charge in [-0.3, -0.25) is 9.59 Å². The smallest absolute Gasteiger partial charge is 0.251 e. The van der Waals surface area contributed by atoms with Gasteiger partial charge in [0.2, 0.25) is 5.91 Å². The molecule has 0 spiro atoms. The van der Waals surface area contributed by atoms with Gasteiger partial charge in [-0.25, -0.2) is 5.43 Å². The minimum atomic E-state index is -0.367. The molecule has 0 fully saturated rings. The van der Waals surface area contributed by atoms with E-state index in [-0.39, 0.29) is 31.4 Å². The lowest BCUT2D eigenvalue weighted by atomic mass is 10.2. The summed E-state index contributed by atoms with van der Waals surface area (Å²) in [6.07, 6.45) is 1.48. The van der Waals surface area contributed by atoms with Gasteiger partial charge in [-0.1, -0.05) is 40.9 Å². The molecule has 0 atom stereocenters. The van der Waals surface area contributed by atoms with E-state index in [4.69, 9.17) is 44.3 Å². The van der Waals surface area contributed by atoms with Crippen LogP contribution in [0.3, 0.4) is 0 Å². The number of ether oxygens (including phenoxy) is 2. The number of nitrogens with one attached hydrogen (secondary N) is 2. The van der Waals surface area contributed by atoms with Crippen molar-refractivity contribution in [2.24, 2.45) is 5.10 Å². The number of halogens is 3. The van der Waals surface area contributed by atoms with Crippen LogP contribution in [0.2, 0.25) is 15.1 Å². The van der Waals surface area contributed by atoms with Gasteiger partial charge in [0.1, 0.15) is 18.1 Å². The molecule has 0 aliphatic rings. The summed E-state index contributed by atoms with van der Waals surface area (Å²) in [6, 6.07) is 16.8. The Morgan fingerprint density at radius 1 is 0.971 bits per heavy atom. The lowest BCUT2D eigenvalue weighted by molar-refractivity contribution is -0.120. The molecule has 0 radical (unpaired) electrons. The van der Waals surface area contributed by atoms with E-state index in [1.165, 1.54) is 6.21 Å². The van der Waals surface area contributed by atoms with E-state index in [0.717, 1.165) is 5.56 Å². The second-order valence-corrected chi connectivity index (χ2v) is 8.51. The summed E-state index contributed by atoms with van der Waals surface area (Å²) in [4.78, 5) is 24.2. The maximum absolute atomic E-state index is 12.1. The summed E-state index contributed by atoms with van der Waals surface area (Å²) in [5.41, 5.74) is 4.22. The summed E-state index contributed by atoms with van der Waals surface area (Å²) in [7, 11) is 1.55. The van der Waals surface area contributed by atoms with Crippen LogP contribution in [0.15, 0.2) is 65.8 Å². The molecule has 0 aromatic heterocycles. The minimum Gasteiger partial charge on any atom is -0.497 e. The minimum absolute atomic E-state index is 0.0488. The first kappa shape index (κ1) is 26.3. The average molecular weight is 535 g/mol. The number of carbonyl (C=O) groups excluding carboxylic acids is 2. The molecule has 3 aromatic rings. The molecule has 0 bridgehead atoms. The van der Waals surface area contributed by atoms with Crippen molar-refractivity contribution in [2.45, 2.75) is 13.0 Å². The SMILES string of the molecule is COc1ccc(C(=O)NCCC(=O)NN=Cc2cc(Cl)ccc2OCc2ccc(Cl)cc2Cl)cc1. The van der Waals surface area contributed by atoms with E-state index in [0.29, 0.717) is 37.7 Å². The van der Waals surface area contributed by atoms with Crippen LogP contribution in [0.25, 0.3) is 0 Å². The Hall–Kier alpha value is -3.26. The van der Waals surface area contributed by atoms with Crippen LogP contribution in [-0.2, 0) is 11.4 Å². The highest BCUT2D eigenvalue weighted by molar-refractivity contribution is 6.35. The monoisotopic (exact) mass is 533 g/mol. The number of hydrogen-bond donors (Lipinski definition) is 2. The Balaban J connectivity index is 1.50. The molecular weight excluding hydrogens is 513 g/mol. The third kappa shape index (κ3) is 8.17.